The number of carboxylic acids is 4. The Hall–Kier alpha value is -2.85. The number of aliphatic carboxylic acids is 4. The topological polar surface area (TPSA) is 317 Å². The molecule has 0 saturated heterocycles. The smallest absolute Gasteiger partial charge is 0.323 e. The fraction of sp³-hybridized carbons (Fsp3) is 0.615. The van der Waals surface area contributed by atoms with Gasteiger partial charge < -0.3 is 54.2 Å². The summed E-state index contributed by atoms with van der Waals surface area (Å²) in [6.07, 6.45) is -0.856. The molecule has 0 saturated carbocycles. The van der Waals surface area contributed by atoms with Gasteiger partial charge in [-0.3, -0.25) is 24.0 Å². The van der Waals surface area contributed by atoms with Crippen LogP contribution >= 0.6 is 0 Å². The lowest BCUT2D eigenvalue weighted by Crippen LogP contribution is -2.39. The molecule has 15 nitrogen and oxygen atoms in total. The number of primary amides is 1. The summed E-state index contributed by atoms with van der Waals surface area (Å²) in [5, 5.41) is 40.0. The zero-order valence-electron chi connectivity index (χ0n) is 15.2. The van der Waals surface area contributed by atoms with Gasteiger partial charge in [-0.1, -0.05) is 0 Å². The van der Waals surface area contributed by atoms with Crippen LogP contribution in [0.2, 0.25) is 0 Å². The lowest BCUT2D eigenvalue weighted by Gasteiger charge is -2.06. The first-order valence-electron chi connectivity index (χ1n) is 7.40. The Balaban J connectivity index is -0.000000144. The highest BCUT2D eigenvalue weighted by molar-refractivity contribution is 5.77. The van der Waals surface area contributed by atoms with Crippen LogP contribution < -0.4 is 28.7 Å². The van der Waals surface area contributed by atoms with E-state index in [1.165, 1.54) is 6.92 Å². The standard InChI is InChI=1S/C5H10N2O3.C4H9NO3.2C2H5NO2/c6-3(5(9)10)1-2-4(7)8;1-2(6)3(5)4(7)8;2*3-1-2(4)5/h3H,1-2,6H2,(H2,7,8)(H,9,10);2-3,6H,5H2,1H3,(H,7,8);2*1,3H2,(H,4,5). The van der Waals surface area contributed by atoms with Crippen molar-refractivity contribution in [1.29, 1.82) is 0 Å². The maximum Gasteiger partial charge on any atom is 0.323 e. The van der Waals surface area contributed by atoms with Gasteiger partial charge in [0.05, 0.1) is 19.2 Å². The first kappa shape index (κ1) is 32.8. The first-order chi connectivity index (χ1) is 12.6. The highest BCUT2D eigenvalue weighted by Gasteiger charge is 2.16. The minimum absolute atomic E-state index is 0.0213. The average molecular weight is 415 g/mol. The number of carboxylic acid groups (broad SMARTS) is 4. The largest absolute Gasteiger partial charge is 0.480 e. The van der Waals surface area contributed by atoms with Crippen LogP contribution in [0.1, 0.15) is 19.8 Å². The minimum Gasteiger partial charge on any atom is -0.480 e. The van der Waals surface area contributed by atoms with Crippen LogP contribution in [-0.4, -0.2) is 86.6 Å². The van der Waals surface area contributed by atoms with E-state index in [0.29, 0.717) is 0 Å². The molecule has 0 spiro atoms. The summed E-state index contributed by atoms with van der Waals surface area (Å²) in [4.78, 5) is 48.5. The summed E-state index contributed by atoms with van der Waals surface area (Å²) in [7, 11) is 0. The molecule has 0 radical (unpaired) electrons. The highest BCUT2D eigenvalue weighted by atomic mass is 16.4. The number of rotatable bonds is 8. The van der Waals surface area contributed by atoms with Crippen molar-refractivity contribution in [3.63, 3.8) is 0 Å². The Bertz CT molecular complexity index is 472. The average Bonchev–Trinajstić information content (AvgIpc) is 2.59. The van der Waals surface area contributed by atoms with Gasteiger partial charge in [0.2, 0.25) is 5.91 Å². The second-order valence-corrected chi connectivity index (χ2v) is 4.75. The van der Waals surface area contributed by atoms with E-state index in [2.05, 4.69) is 11.5 Å². The highest BCUT2D eigenvalue weighted by Crippen LogP contribution is 1.92. The van der Waals surface area contributed by atoms with Crippen LogP contribution in [0, 0.1) is 0 Å². The third-order valence-corrected chi connectivity index (χ3v) is 2.17. The zero-order valence-corrected chi connectivity index (χ0v) is 15.2. The van der Waals surface area contributed by atoms with Gasteiger partial charge in [-0.2, -0.15) is 0 Å². The monoisotopic (exact) mass is 415 g/mol. The molecule has 28 heavy (non-hydrogen) atoms. The van der Waals surface area contributed by atoms with Crippen molar-refractivity contribution in [1.82, 2.24) is 0 Å². The zero-order chi connectivity index (χ0) is 23.4. The van der Waals surface area contributed by atoms with Crippen molar-refractivity contribution in [2.45, 2.75) is 38.0 Å². The van der Waals surface area contributed by atoms with Gasteiger partial charge in [0.15, 0.2) is 0 Å². The van der Waals surface area contributed by atoms with Crippen molar-refractivity contribution in [3.05, 3.63) is 0 Å². The van der Waals surface area contributed by atoms with E-state index in [-0.39, 0.29) is 25.9 Å². The number of hydrogen-bond donors (Lipinski definition) is 10. The molecule has 0 fully saturated rings. The first-order valence-corrected chi connectivity index (χ1v) is 7.40. The molecule has 0 aliphatic heterocycles. The normalized spacial score (nSPS) is 12.1. The van der Waals surface area contributed by atoms with E-state index in [1.807, 2.05) is 0 Å². The Morgan fingerprint density at radius 1 is 0.821 bits per heavy atom. The number of nitrogens with two attached hydrogens (primary N) is 5. The molecule has 0 aliphatic carbocycles. The fourth-order valence-corrected chi connectivity index (χ4v) is 0.628. The van der Waals surface area contributed by atoms with Gasteiger partial charge in [-0.25, -0.2) is 0 Å². The quantitative estimate of drug-likeness (QED) is 0.178. The SMILES string of the molecule is CC(O)C(N)C(=O)O.NC(=O)CCC(N)C(=O)O.NCC(=O)O.NCC(=O)O. The van der Waals surface area contributed by atoms with Gasteiger partial charge in [-0.05, 0) is 13.3 Å². The molecule has 0 rings (SSSR count). The molecule has 0 aromatic carbocycles. The molecular formula is C13H29N5O10. The van der Waals surface area contributed by atoms with Crippen molar-refractivity contribution in [2.75, 3.05) is 13.1 Å². The van der Waals surface area contributed by atoms with Crippen LogP contribution in [0.15, 0.2) is 0 Å². The molecular weight excluding hydrogens is 386 g/mol. The Morgan fingerprint density at radius 2 is 1.14 bits per heavy atom. The number of aliphatic hydroxyl groups is 1. The maximum atomic E-state index is 10.1. The summed E-state index contributed by atoms with van der Waals surface area (Å²) in [6.45, 7) is 0.777. The van der Waals surface area contributed by atoms with Crippen LogP contribution in [0.4, 0.5) is 0 Å². The summed E-state index contributed by atoms with van der Waals surface area (Å²) in [5.41, 5.74) is 23.9. The van der Waals surface area contributed by atoms with Crippen molar-refractivity contribution in [3.8, 4) is 0 Å². The lowest BCUT2D eigenvalue weighted by molar-refractivity contribution is -0.141. The molecule has 0 aromatic rings. The van der Waals surface area contributed by atoms with Crippen LogP contribution in [0.3, 0.4) is 0 Å². The van der Waals surface area contributed by atoms with Gasteiger partial charge in [0.25, 0.3) is 0 Å². The predicted octanol–water partition coefficient (Wildman–Crippen LogP) is -4.50. The van der Waals surface area contributed by atoms with Gasteiger partial charge >= 0.3 is 23.9 Å². The number of carbonyl (C=O) groups is 5. The molecule has 0 heterocycles. The second kappa shape index (κ2) is 20.5. The molecule has 15 heteroatoms. The third kappa shape index (κ3) is 34.5. The van der Waals surface area contributed by atoms with E-state index < -0.39 is 48.0 Å². The second-order valence-electron chi connectivity index (χ2n) is 4.75. The van der Waals surface area contributed by atoms with Gasteiger partial charge in [-0.15, -0.1) is 0 Å². The molecule has 0 bridgehead atoms. The molecule has 15 N–H and O–H groups in total. The van der Waals surface area contributed by atoms with E-state index in [0.717, 1.165) is 0 Å². The van der Waals surface area contributed by atoms with Gasteiger partial charge in [0, 0.05) is 6.42 Å². The van der Waals surface area contributed by atoms with Crippen LogP contribution in [-0.2, 0) is 24.0 Å². The van der Waals surface area contributed by atoms with Crippen LogP contribution in [0.5, 0.6) is 0 Å². The van der Waals surface area contributed by atoms with Crippen molar-refractivity contribution in [2.24, 2.45) is 28.7 Å². The predicted molar refractivity (Wildman–Crippen MR) is 94.7 cm³/mol. The summed E-state index contributed by atoms with van der Waals surface area (Å²) in [6, 6.07) is -2.14. The van der Waals surface area contributed by atoms with E-state index in [4.69, 9.17) is 42.7 Å². The summed E-state index contributed by atoms with van der Waals surface area (Å²) < 4.78 is 0. The molecule has 0 aliphatic rings. The third-order valence-electron chi connectivity index (χ3n) is 2.17. The number of carbonyl (C=O) groups excluding carboxylic acids is 1. The van der Waals surface area contributed by atoms with E-state index >= 15 is 0 Å². The molecule has 3 atom stereocenters. The minimum atomic E-state index is -1.18. The Morgan fingerprint density at radius 3 is 1.25 bits per heavy atom. The van der Waals surface area contributed by atoms with Crippen molar-refractivity contribution < 1.29 is 49.5 Å². The number of aliphatic hydroxyl groups excluding tert-OH is 1. The van der Waals surface area contributed by atoms with E-state index in [9.17, 15) is 24.0 Å². The maximum absolute atomic E-state index is 10.1. The summed E-state index contributed by atoms with van der Waals surface area (Å²) >= 11 is 0. The Kier molecular flexibility index (Phi) is 24.0. The molecule has 166 valence electrons. The lowest BCUT2D eigenvalue weighted by atomic mass is 10.2. The number of amides is 1. The van der Waals surface area contributed by atoms with E-state index in [1.54, 1.807) is 0 Å². The fourth-order valence-electron chi connectivity index (χ4n) is 0.628. The van der Waals surface area contributed by atoms with Crippen molar-refractivity contribution >= 4 is 29.8 Å². The molecule has 1 amide bonds. The van der Waals surface area contributed by atoms with Gasteiger partial charge in [0.1, 0.15) is 12.1 Å². The Labute approximate surface area is 160 Å². The summed E-state index contributed by atoms with van der Waals surface area (Å²) in [5.74, 6) is -4.76. The molecule has 0 aromatic heterocycles. The molecule has 3 unspecified atom stereocenters. The van der Waals surface area contributed by atoms with Crippen LogP contribution in [0.25, 0.3) is 0 Å². The number of hydrogen-bond acceptors (Lipinski definition) is 10.